The quantitative estimate of drug-likeness (QED) is 0.270. The molecule has 3 aromatic carbocycles. The first-order valence-corrected chi connectivity index (χ1v) is 12.8. The molecule has 8 heteroatoms. The van der Waals surface area contributed by atoms with Gasteiger partial charge in [-0.15, -0.1) is 0 Å². The molecule has 0 bridgehead atoms. The molecule has 4 aromatic rings. The number of fused-ring (bicyclic) bond motifs is 1. The van der Waals surface area contributed by atoms with Crippen molar-refractivity contribution in [2.24, 2.45) is 0 Å². The number of amides is 1. The molecular formula is C30H31ClN4O3. The van der Waals surface area contributed by atoms with Crippen LogP contribution in [-0.2, 0) is 16.7 Å². The second-order valence-corrected chi connectivity index (χ2v) is 10.5. The number of nitrogens with zero attached hydrogens (tertiary/aromatic N) is 3. The van der Waals surface area contributed by atoms with Crippen LogP contribution in [0.2, 0.25) is 5.02 Å². The van der Waals surface area contributed by atoms with E-state index in [0.29, 0.717) is 34.9 Å². The summed E-state index contributed by atoms with van der Waals surface area (Å²) in [5.74, 6) is 0.754. The summed E-state index contributed by atoms with van der Waals surface area (Å²) in [5, 5.41) is 19.8. The molecule has 0 aliphatic rings. The van der Waals surface area contributed by atoms with Gasteiger partial charge < -0.3 is 9.47 Å². The molecule has 1 atom stereocenters. The second-order valence-electron chi connectivity index (χ2n) is 10.1. The van der Waals surface area contributed by atoms with Crippen LogP contribution in [0.25, 0.3) is 10.9 Å². The highest BCUT2D eigenvalue weighted by atomic mass is 35.5. The highest BCUT2D eigenvalue weighted by Crippen LogP contribution is 2.40. The van der Waals surface area contributed by atoms with E-state index in [9.17, 15) is 10.1 Å². The van der Waals surface area contributed by atoms with E-state index >= 15 is 0 Å². The predicted octanol–water partition coefficient (Wildman–Crippen LogP) is 7.31. The molecule has 7 nitrogen and oxygen atoms in total. The van der Waals surface area contributed by atoms with Crippen LogP contribution in [0.5, 0.6) is 5.75 Å². The third kappa shape index (κ3) is 5.46. The molecule has 1 amide bonds. The lowest BCUT2D eigenvalue weighted by molar-refractivity contribution is 0.0636. The van der Waals surface area contributed by atoms with E-state index in [2.05, 4.69) is 11.4 Å². The summed E-state index contributed by atoms with van der Waals surface area (Å²) in [7, 11) is 1.62. The largest absolute Gasteiger partial charge is 0.497 e. The van der Waals surface area contributed by atoms with Crippen molar-refractivity contribution in [1.29, 1.82) is 5.26 Å². The van der Waals surface area contributed by atoms with Crippen LogP contribution in [0.3, 0.4) is 0 Å². The summed E-state index contributed by atoms with van der Waals surface area (Å²) in [5.41, 5.74) is 1.96. The minimum absolute atomic E-state index is 0.416. The number of aromatic nitrogens is 2. The Hall–Kier alpha value is -4.02. The first-order valence-electron chi connectivity index (χ1n) is 12.4. The Bertz CT molecular complexity index is 1480. The molecule has 4 rings (SSSR count). The van der Waals surface area contributed by atoms with E-state index < -0.39 is 17.1 Å². The smallest absolute Gasteiger partial charge is 0.412 e. The maximum Gasteiger partial charge on any atom is 0.412 e. The zero-order valence-corrected chi connectivity index (χ0v) is 23.0. The molecule has 38 heavy (non-hydrogen) atoms. The number of nitrogens with one attached hydrogen (secondary N) is 1. The van der Waals surface area contributed by atoms with Gasteiger partial charge in [0, 0.05) is 10.4 Å². The summed E-state index contributed by atoms with van der Waals surface area (Å²) < 4.78 is 12.6. The van der Waals surface area contributed by atoms with Crippen molar-refractivity contribution in [3.63, 3.8) is 0 Å². The van der Waals surface area contributed by atoms with Gasteiger partial charge in [-0.3, -0.25) is 10.00 Å². The third-order valence-electron chi connectivity index (χ3n) is 6.36. The van der Waals surface area contributed by atoms with E-state index in [0.717, 1.165) is 22.3 Å². The zero-order chi connectivity index (χ0) is 27.5. The number of methoxy groups -OCH3 is 1. The molecule has 0 spiro atoms. The predicted molar refractivity (Wildman–Crippen MR) is 150 cm³/mol. The molecule has 1 aromatic heterocycles. The molecule has 1 N–H and O–H groups in total. The lowest BCUT2D eigenvalue weighted by atomic mass is 9.75. The average molecular weight is 531 g/mol. The minimum atomic E-state index is -1.03. The first-order chi connectivity index (χ1) is 18.1. The van der Waals surface area contributed by atoms with Crippen LogP contribution in [0, 0.1) is 11.3 Å². The van der Waals surface area contributed by atoms with Gasteiger partial charge in [0.05, 0.1) is 36.6 Å². The van der Waals surface area contributed by atoms with Gasteiger partial charge in [0.25, 0.3) is 0 Å². The van der Waals surface area contributed by atoms with Gasteiger partial charge in [-0.1, -0.05) is 54.9 Å². The van der Waals surface area contributed by atoms with Gasteiger partial charge in [0.15, 0.2) is 0 Å². The van der Waals surface area contributed by atoms with Crippen molar-refractivity contribution in [3.05, 3.63) is 88.6 Å². The van der Waals surface area contributed by atoms with Gasteiger partial charge in [-0.05, 0) is 68.7 Å². The summed E-state index contributed by atoms with van der Waals surface area (Å²) in [6.07, 6.45) is -0.0766. The number of nitriles is 1. The highest BCUT2D eigenvalue weighted by molar-refractivity contribution is 6.30. The molecule has 0 fully saturated rings. The fourth-order valence-corrected chi connectivity index (χ4v) is 4.65. The SMILES string of the molecule is CCC(C#N)(c1ccc(Cl)cc1)c1nn(Cc2ccc(OC)cc2)c2c(NC(=O)OC(C)(C)C)cccc12. The van der Waals surface area contributed by atoms with Crippen LogP contribution in [0.15, 0.2) is 66.7 Å². The summed E-state index contributed by atoms with van der Waals surface area (Å²) >= 11 is 6.16. The molecule has 0 radical (unpaired) electrons. The Kier molecular flexibility index (Phi) is 7.66. The Balaban J connectivity index is 1.91. The van der Waals surface area contributed by atoms with Crippen molar-refractivity contribution in [2.75, 3.05) is 12.4 Å². The Labute approximate surface area is 227 Å². The fourth-order valence-electron chi connectivity index (χ4n) is 4.52. The van der Waals surface area contributed by atoms with Crippen LogP contribution in [-0.4, -0.2) is 28.6 Å². The van der Waals surface area contributed by atoms with E-state index in [1.54, 1.807) is 19.2 Å². The average Bonchev–Trinajstić information content (AvgIpc) is 3.25. The molecule has 0 aliphatic carbocycles. The lowest BCUT2D eigenvalue weighted by Gasteiger charge is -2.24. The maximum absolute atomic E-state index is 12.7. The van der Waals surface area contributed by atoms with Crippen molar-refractivity contribution in [2.45, 2.75) is 51.7 Å². The zero-order valence-electron chi connectivity index (χ0n) is 22.2. The Morgan fingerprint density at radius 1 is 1.08 bits per heavy atom. The van der Waals surface area contributed by atoms with Gasteiger partial charge >= 0.3 is 6.09 Å². The molecule has 196 valence electrons. The number of hydrogen-bond donors (Lipinski definition) is 1. The first kappa shape index (κ1) is 27.0. The van der Waals surface area contributed by atoms with E-state index in [1.165, 1.54) is 0 Å². The highest BCUT2D eigenvalue weighted by Gasteiger charge is 2.38. The molecule has 0 saturated heterocycles. The number of carbonyl (C=O) groups is 1. The summed E-state index contributed by atoms with van der Waals surface area (Å²) in [6, 6.07) is 23.1. The van der Waals surface area contributed by atoms with E-state index in [-0.39, 0.29) is 0 Å². The van der Waals surface area contributed by atoms with E-state index in [1.807, 2.05) is 87.0 Å². The topological polar surface area (TPSA) is 89.2 Å². The van der Waals surface area contributed by atoms with Crippen molar-refractivity contribution in [1.82, 2.24) is 9.78 Å². The third-order valence-corrected chi connectivity index (χ3v) is 6.61. The second kappa shape index (κ2) is 10.8. The number of halogens is 1. The standard InChI is InChI=1S/C30H31ClN4O3/c1-6-30(19-32,21-12-14-22(31)15-13-21)27-24-8-7-9-25(33-28(36)38-29(2,3)4)26(24)35(34-27)18-20-10-16-23(37-5)17-11-20/h7-17H,6,18H2,1-5H3,(H,33,36). The number of ether oxygens (including phenoxy) is 2. The lowest BCUT2D eigenvalue weighted by Crippen LogP contribution is -2.27. The molecular weight excluding hydrogens is 500 g/mol. The van der Waals surface area contributed by atoms with Gasteiger partial charge in [-0.2, -0.15) is 10.4 Å². The number of para-hydroxylation sites is 1. The Morgan fingerprint density at radius 2 is 1.76 bits per heavy atom. The van der Waals surface area contributed by atoms with Crippen LogP contribution < -0.4 is 10.1 Å². The summed E-state index contributed by atoms with van der Waals surface area (Å²) in [4.78, 5) is 12.7. The van der Waals surface area contributed by atoms with Crippen molar-refractivity contribution in [3.8, 4) is 11.8 Å². The minimum Gasteiger partial charge on any atom is -0.497 e. The van der Waals surface area contributed by atoms with Gasteiger partial charge in [-0.25, -0.2) is 4.79 Å². The number of hydrogen-bond acceptors (Lipinski definition) is 5. The van der Waals surface area contributed by atoms with E-state index in [4.69, 9.17) is 26.2 Å². The van der Waals surface area contributed by atoms with Crippen LogP contribution in [0.4, 0.5) is 10.5 Å². The van der Waals surface area contributed by atoms with Crippen molar-refractivity contribution >= 4 is 34.3 Å². The molecule has 1 heterocycles. The Morgan fingerprint density at radius 3 is 2.34 bits per heavy atom. The van der Waals surface area contributed by atoms with Crippen molar-refractivity contribution < 1.29 is 14.3 Å². The van der Waals surface area contributed by atoms with Crippen LogP contribution >= 0.6 is 11.6 Å². The molecule has 0 aliphatic heterocycles. The van der Waals surface area contributed by atoms with Crippen LogP contribution in [0.1, 0.15) is 50.9 Å². The monoisotopic (exact) mass is 530 g/mol. The number of anilines is 1. The number of benzene rings is 3. The number of carbonyl (C=O) groups excluding carboxylic acids is 1. The summed E-state index contributed by atoms with van der Waals surface area (Å²) in [6.45, 7) is 7.82. The van der Waals surface area contributed by atoms with Gasteiger partial charge in [0.2, 0.25) is 0 Å². The van der Waals surface area contributed by atoms with Gasteiger partial charge in [0.1, 0.15) is 16.8 Å². The fraction of sp³-hybridized carbons (Fsp3) is 0.300. The molecule has 0 saturated carbocycles. The number of rotatable bonds is 7. The molecule has 1 unspecified atom stereocenters. The maximum atomic E-state index is 12.7. The normalized spacial score (nSPS) is 13.0.